The molecule has 0 N–H and O–H groups in total. The maximum absolute atomic E-state index is 6.16. The molecule has 61 heavy (non-hydrogen) atoms. The Morgan fingerprint density at radius 3 is 1.64 bits per heavy atom. The number of hydrogen-bond donors (Lipinski definition) is 0. The van der Waals surface area contributed by atoms with Gasteiger partial charge in [0.25, 0.3) is 0 Å². The van der Waals surface area contributed by atoms with E-state index in [0.717, 1.165) is 49.8 Å². The first-order valence-electron chi connectivity index (χ1n) is 21.5. The topological polar surface area (TPSA) is 51.8 Å². The highest BCUT2D eigenvalue weighted by Crippen LogP contribution is 2.58. The van der Waals surface area contributed by atoms with Crippen LogP contribution in [0.4, 0.5) is 0 Å². The van der Waals surface area contributed by atoms with E-state index in [4.69, 9.17) is 19.4 Å². The Morgan fingerprint density at radius 2 is 0.869 bits per heavy atom. The minimum absolute atomic E-state index is 0.0860. The number of fused-ring (bicyclic) bond motifs is 8. The summed E-state index contributed by atoms with van der Waals surface area (Å²) in [5.74, 6) is 1.87. The predicted octanol–water partition coefficient (Wildman–Crippen LogP) is 15.0. The molecule has 0 amide bonds. The molecule has 12 rings (SSSR count). The van der Waals surface area contributed by atoms with Crippen molar-refractivity contribution >= 4 is 21.9 Å². The van der Waals surface area contributed by atoms with Gasteiger partial charge >= 0.3 is 0 Å². The highest BCUT2D eigenvalue weighted by atomic mass is 16.3. The number of furan rings is 1. The van der Waals surface area contributed by atoms with Gasteiger partial charge in [-0.1, -0.05) is 177 Å². The van der Waals surface area contributed by atoms with Crippen molar-refractivity contribution in [3.63, 3.8) is 0 Å². The molecule has 1 fully saturated rings. The van der Waals surface area contributed by atoms with Gasteiger partial charge in [0.2, 0.25) is 0 Å². The summed E-state index contributed by atoms with van der Waals surface area (Å²) >= 11 is 0. The molecule has 4 nitrogen and oxygen atoms in total. The van der Waals surface area contributed by atoms with Crippen molar-refractivity contribution in [1.29, 1.82) is 0 Å². The van der Waals surface area contributed by atoms with Crippen LogP contribution in [0.15, 0.2) is 192 Å². The Morgan fingerprint density at radius 1 is 0.344 bits per heavy atom. The Bertz CT molecular complexity index is 3270. The second kappa shape index (κ2) is 14.4. The van der Waals surface area contributed by atoms with Crippen molar-refractivity contribution in [2.75, 3.05) is 0 Å². The van der Waals surface area contributed by atoms with Crippen LogP contribution in [-0.4, -0.2) is 15.0 Å². The van der Waals surface area contributed by atoms with E-state index in [2.05, 4.69) is 152 Å². The SMILES string of the molecule is c1ccc(-c2ccc(-c3nc(-c4ccc(-c5cccc(-c6cccc7c6C6(CCCCC6)c6ccccc6-7)c5)cc4)nc(-c4ccc5oc6ccccc6c5c4)n3)cc2)cc1. The lowest BCUT2D eigenvalue weighted by atomic mass is 9.66. The van der Waals surface area contributed by atoms with E-state index in [0.29, 0.717) is 17.5 Å². The average Bonchev–Trinajstić information content (AvgIpc) is 3.85. The summed E-state index contributed by atoms with van der Waals surface area (Å²) in [6.07, 6.45) is 6.29. The van der Waals surface area contributed by atoms with Gasteiger partial charge in [0.05, 0.1) is 0 Å². The number of benzene rings is 8. The summed E-state index contributed by atoms with van der Waals surface area (Å²) < 4.78 is 6.16. The molecule has 0 saturated heterocycles. The fraction of sp³-hybridized carbons (Fsp3) is 0.105. The normalized spacial score (nSPS) is 14.0. The largest absolute Gasteiger partial charge is 0.456 e. The van der Waals surface area contributed by atoms with Crippen molar-refractivity contribution in [2.45, 2.75) is 37.5 Å². The molecule has 0 unspecified atom stereocenters. The molecule has 0 bridgehead atoms. The van der Waals surface area contributed by atoms with Crippen LogP contribution < -0.4 is 0 Å². The molecule has 2 aliphatic rings. The molecule has 0 radical (unpaired) electrons. The Hall–Kier alpha value is -7.43. The first-order chi connectivity index (χ1) is 30.2. The van der Waals surface area contributed by atoms with Crippen LogP contribution in [-0.2, 0) is 5.41 Å². The van der Waals surface area contributed by atoms with Crippen molar-refractivity contribution < 1.29 is 4.42 Å². The zero-order valence-corrected chi connectivity index (χ0v) is 33.7. The van der Waals surface area contributed by atoms with Crippen molar-refractivity contribution in [2.24, 2.45) is 0 Å². The number of para-hydroxylation sites is 1. The Kier molecular flexibility index (Phi) is 8.38. The van der Waals surface area contributed by atoms with E-state index in [9.17, 15) is 0 Å². The standard InChI is InChI=1S/C57H41N3O/c1-3-13-37(14-4-1)38-23-27-40(28-24-38)54-58-55(60-56(59-54)44-31-32-52-49(36-44)47-18-6-8-22-51(47)61-52)41-29-25-39(26-30-41)42-15-11-16-43(35-42)45-19-12-20-48-46-17-5-7-21-50(46)57(53(45)48)33-9-2-10-34-57/h1,3-8,11-32,35-36H,2,9-10,33-34H2. The maximum atomic E-state index is 6.16. The van der Waals surface area contributed by atoms with Gasteiger partial charge in [0, 0.05) is 32.9 Å². The van der Waals surface area contributed by atoms with E-state index in [1.54, 1.807) is 0 Å². The predicted molar refractivity (Wildman–Crippen MR) is 249 cm³/mol. The molecular formula is C57H41N3O. The molecule has 0 atom stereocenters. The summed E-state index contributed by atoms with van der Waals surface area (Å²) in [6, 6.07) is 67.1. The fourth-order valence-electron chi connectivity index (χ4n) is 10.2. The maximum Gasteiger partial charge on any atom is 0.164 e. The van der Waals surface area contributed by atoms with Crippen LogP contribution >= 0.6 is 0 Å². The van der Waals surface area contributed by atoms with Gasteiger partial charge in [0.1, 0.15) is 11.2 Å². The number of nitrogens with zero attached hydrogens (tertiary/aromatic N) is 3. The third-order valence-electron chi connectivity index (χ3n) is 13.2. The van der Waals surface area contributed by atoms with E-state index >= 15 is 0 Å². The van der Waals surface area contributed by atoms with E-state index in [1.165, 1.54) is 76.6 Å². The van der Waals surface area contributed by atoms with Gasteiger partial charge in [-0.05, 0) is 98.8 Å². The van der Waals surface area contributed by atoms with Gasteiger partial charge in [-0.25, -0.2) is 15.0 Å². The quantitative estimate of drug-likeness (QED) is 0.169. The summed E-state index contributed by atoms with van der Waals surface area (Å²) in [4.78, 5) is 15.3. The van der Waals surface area contributed by atoms with Gasteiger partial charge in [-0.2, -0.15) is 0 Å². The zero-order chi connectivity index (χ0) is 40.3. The lowest BCUT2D eigenvalue weighted by molar-refractivity contribution is 0.353. The highest BCUT2D eigenvalue weighted by molar-refractivity contribution is 6.06. The molecule has 10 aromatic rings. The third kappa shape index (κ3) is 6.01. The second-order valence-corrected chi connectivity index (χ2v) is 16.6. The summed E-state index contributed by atoms with van der Waals surface area (Å²) in [6.45, 7) is 0. The van der Waals surface area contributed by atoms with Crippen molar-refractivity contribution in [3.05, 3.63) is 199 Å². The molecule has 4 heteroatoms. The highest BCUT2D eigenvalue weighted by Gasteiger charge is 2.45. The molecule has 8 aromatic carbocycles. The fourth-order valence-corrected chi connectivity index (χ4v) is 10.2. The number of hydrogen-bond acceptors (Lipinski definition) is 4. The van der Waals surface area contributed by atoms with Gasteiger partial charge < -0.3 is 4.42 Å². The molecule has 1 spiro atoms. The number of aromatic nitrogens is 3. The van der Waals surface area contributed by atoms with Crippen LogP contribution in [0, 0.1) is 0 Å². The molecule has 2 heterocycles. The van der Waals surface area contributed by atoms with Gasteiger partial charge in [-0.3, -0.25) is 0 Å². The zero-order valence-electron chi connectivity index (χ0n) is 33.7. The minimum atomic E-state index is 0.0860. The van der Waals surface area contributed by atoms with Gasteiger partial charge in [0.15, 0.2) is 17.5 Å². The van der Waals surface area contributed by atoms with Gasteiger partial charge in [-0.15, -0.1) is 0 Å². The minimum Gasteiger partial charge on any atom is -0.456 e. The van der Waals surface area contributed by atoms with Crippen LogP contribution in [0.25, 0.3) is 101 Å². The summed E-state index contributed by atoms with van der Waals surface area (Å²) in [5.41, 5.74) is 17.7. The van der Waals surface area contributed by atoms with E-state index in [1.807, 2.05) is 36.4 Å². The van der Waals surface area contributed by atoms with Crippen molar-refractivity contribution in [3.8, 4) is 78.7 Å². The van der Waals surface area contributed by atoms with Crippen molar-refractivity contribution in [1.82, 2.24) is 15.0 Å². The lowest BCUT2D eigenvalue weighted by Gasteiger charge is -2.37. The summed E-state index contributed by atoms with van der Waals surface area (Å²) in [5, 5.41) is 2.11. The van der Waals surface area contributed by atoms with Crippen LogP contribution in [0.2, 0.25) is 0 Å². The lowest BCUT2D eigenvalue weighted by Crippen LogP contribution is -2.28. The Labute approximate surface area is 355 Å². The molecule has 290 valence electrons. The molecule has 1 saturated carbocycles. The molecule has 2 aliphatic carbocycles. The summed E-state index contributed by atoms with van der Waals surface area (Å²) in [7, 11) is 0. The smallest absolute Gasteiger partial charge is 0.164 e. The second-order valence-electron chi connectivity index (χ2n) is 16.6. The van der Waals surface area contributed by atoms with Crippen LogP contribution in [0.5, 0.6) is 0 Å². The van der Waals surface area contributed by atoms with E-state index in [-0.39, 0.29) is 5.41 Å². The monoisotopic (exact) mass is 783 g/mol. The molecular weight excluding hydrogens is 743 g/mol. The van der Waals surface area contributed by atoms with Crippen LogP contribution in [0.1, 0.15) is 43.2 Å². The van der Waals surface area contributed by atoms with Crippen LogP contribution in [0.3, 0.4) is 0 Å². The number of rotatable bonds is 6. The molecule has 2 aromatic heterocycles. The molecule has 0 aliphatic heterocycles. The first kappa shape index (κ1) is 35.5. The Balaban J connectivity index is 0.925. The van der Waals surface area contributed by atoms with E-state index < -0.39 is 0 Å². The third-order valence-corrected chi connectivity index (χ3v) is 13.2. The average molecular weight is 784 g/mol. The first-order valence-corrected chi connectivity index (χ1v) is 21.5.